The average Bonchev–Trinajstić information content (AvgIpc) is 2.31. The van der Waals surface area contributed by atoms with E-state index in [9.17, 15) is 8.78 Å². The second-order valence-electron chi connectivity index (χ2n) is 5.94. The molecule has 0 heterocycles. The van der Waals surface area contributed by atoms with E-state index in [1.54, 1.807) is 0 Å². The highest BCUT2D eigenvalue weighted by molar-refractivity contribution is 4.87. The van der Waals surface area contributed by atoms with Crippen LogP contribution in [0.3, 0.4) is 0 Å². The Morgan fingerprint density at radius 2 is 1.56 bits per heavy atom. The van der Waals surface area contributed by atoms with Crippen molar-refractivity contribution in [3.63, 3.8) is 0 Å². The summed E-state index contributed by atoms with van der Waals surface area (Å²) >= 11 is 0. The van der Waals surface area contributed by atoms with E-state index in [0.717, 1.165) is 19.3 Å². The average molecular weight is 230 g/mol. The van der Waals surface area contributed by atoms with Crippen molar-refractivity contribution >= 4 is 0 Å². The fraction of sp³-hybridized carbons (Fsp3) is 1.00. The van der Waals surface area contributed by atoms with Gasteiger partial charge in [-0.25, -0.2) is 8.78 Å². The Hall–Kier alpha value is -0.140. The summed E-state index contributed by atoms with van der Waals surface area (Å²) in [5, 5.41) is 0. The Morgan fingerprint density at radius 1 is 0.875 bits per heavy atom. The normalized spacial score (nSPS) is 42.2. The molecule has 0 aliphatic heterocycles. The minimum atomic E-state index is -1.21. The third-order valence-corrected chi connectivity index (χ3v) is 4.65. The molecule has 2 aliphatic carbocycles. The Morgan fingerprint density at radius 3 is 2.25 bits per heavy atom. The minimum Gasteiger partial charge on any atom is -0.244 e. The zero-order valence-electron chi connectivity index (χ0n) is 10.3. The first-order chi connectivity index (χ1) is 7.68. The van der Waals surface area contributed by atoms with Crippen LogP contribution in [0.15, 0.2) is 0 Å². The Balaban J connectivity index is 1.84. The van der Waals surface area contributed by atoms with Crippen molar-refractivity contribution in [1.82, 2.24) is 0 Å². The predicted molar refractivity (Wildman–Crippen MR) is 62.9 cm³/mol. The zero-order chi connectivity index (χ0) is 11.5. The van der Waals surface area contributed by atoms with E-state index in [1.165, 1.54) is 32.1 Å². The van der Waals surface area contributed by atoms with Crippen molar-refractivity contribution in [1.29, 1.82) is 0 Å². The quantitative estimate of drug-likeness (QED) is 0.646. The lowest BCUT2D eigenvalue weighted by Gasteiger charge is -2.35. The van der Waals surface area contributed by atoms with E-state index in [-0.39, 0.29) is 11.8 Å². The van der Waals surface area contributed by atoms with Crippen LogP contribution in [-0.4, -0.2) is 12.3 Å². The van der Waals surface area contributed by atoms with Gasteiger partial charge in [0.05, 0.1) is 0 Å². The number of alkyl halides is 2. The first kappa shape index (κ1) is 12.3. The molecular formula is C14H24F2. The van der Waals surface area contributed by atoms with Crippen LogP contribution in [0.5, 0.6) is 0 Å². The summed E-state index contributed by atoms with van der Waals surface area (Å²) in [4.78, 5) is 0. The molecule has 0 aromatic carbocycles. The highest BCUT2D eigenvalue weighted by Crippen LogP contribution is 2.39. The fourth-order valence-electron chi connectivity index (χ4n) is 3.47. The number of halogens is 2. The van der Waals surface area contributed by atoms with E-state index < -0.39 is 12.3 Å². The van der Waals surface area contributed by atoms with Crippen molar-refractivity contribution in [2.75, 3.05) is 0 Å². The van der Waals surface area contributed by atoms with Crippen molar-refractivity contribution < 1.29 is 8.78 Å². The van der Waals surface area contributed by atoms with E-state index in [0.29, 0.717) is 5.92 Å². The second-order valence-corrected chi connectivity index (χ2v) is 5.94. The summed E-state index contributed by atoms with van der Waals surface area (Å²) in [6.07, 6.45) is 6.74. The molecule has 0 aromatic heterocycles. The van der Waals surface area contributed by atoms with Crippen molar-refractivity contribution in [2.24, 2.45) is 17.8 Å². The number of rotatable bonds is 2. The van der Waals surface area contributed by atoms with E-state index in [1.807, 2.05) is 6.92 Å². The SMILES string of the molecule is CC1CCC(CC2CCCCC2)C(F)C1F. The van der Waals surface area contributed by atoms with E-state index >= 15 is 0 Å². The first-order valence-corrected chi connectivity index (χ1v) is 6.96. The molecular weight excluding hydrogens is 206 g/mol. The lowest BCUT2D eigenvalue weighted by Crippen LogP contribution is -2.37. The molecule has 4 atom stereocenters. The molecule has 0 N–H and O–H groups in total. The van der Waals surface area contributed by atoms with Gasteiger partial charge in [-0.05, 0) is 37.0 Å². The molecule has 0 amide bonds. The molecule has 2 saturated carbocycles. The van der Waals surface area contributed by atoms with Crippen molar-refractivity contribution in [2.45, 2.75) is 70.6 Å². The van der Waals surface area contributed by atoms with Crippen LogP contribution in [0, 0.1) is 17.8 Å². The third kappa shape index (κ3) is 2.75. The summed E-state index contributed by atoms with van der Waals surface area (Å²) in [6.45, 7) is 1.84. The molecule has 2 heteroatoms. The summed E-state index contributed by atoms with van der Waals surface area (Å²) in [5.41, 5.74) is 0. The Labute approximate surface area is 97.8 Å². The number of hydrogen-bond acceptors (Lipinski definition) is 0. The maximum Gasteiger partial charge on any atom is 0.134 e. The van der Waals surface area contributed by atoms with Crippen LogP contribution < -0.4 is 0 Å². The molecule has 0 nitrogen and oxygen atoms in total. The first-order valence-electron chi connectivity index (χ1n) is 6.96. The van der Waals surface area contributed by atoms with Gasteiger partial charge in [0.15, 0.2) is 0 Å². The molecule has 4 unspecified atom stereocenters. The van der Waals surface area contributed by atoms with Crippen molar-refractivity contribution in [3.8, 4) is 0 Å². The summed E-state index contributed by atoms with van der Waals surface area (Å²) in [7, 11) is 0. The monoisotopic (exact) mass is 230 g/mol. The van der Waals surface area contributed by atoms with Crippen LogP contribution in [0.25, 0.3) is 0 Å². The van der Waals surface area contributed by atoms with Gasteiger partial charge in [-0.3, -0.25) is 0 Å². The second kappa shape index (κ2) is 5.46. The topological polar surface area (TPSA) is 0 Å². The number of hydrogen-bond donors (Lipinski definition) is 0. The fourth-order valence-corrected chi connectivity index (χ4v) is 3.47. The van der Waals surface area contributed by atoms with E-state index in [2.05, 4.69) is 0 Å². The third-order valence-electron chi connectivity index (χ3n) is 4.65. The van der Waals surface area contributed by atoms with Gasteiger partial charge in [-0.1, -0.05) is 39.0 Å². The minimum absolute atomic E-state index is 0.00861. The Bertz CT molecular complexity index is 211. The van der Waals surface area contributed by atoms with Crippen LogP contribution in [0.1, 0.15) is 58.3 Å². The Kier molecular flexibility index (Phi) is 4.21. The summed E-state index contributed by atoms with van der Waals surface area (Å²) < 4.78 is 27.5. The van der Waals surface area contributed by atoms with Crippen LogP contribution >= 0.6 is 0 Å². The van der Waals surface area contributed by atoms with Gasteiger partial charge in [-0.15, -0.1) is 0 Å². The zero-order valence-corrected chi connectivity index (χ0v) is 10.3. The standard InChI is InChI=1S/C14H24F2/c1-10-7-8-12(14(16)13(10)15)9-11-5-3-2-4-6-11/h10-14H,2-9H2,1H3. The maximum absolute atomic E-state index is 13.9. The predicted octanol–water partition coefficient (Wildman–Crippen LogP) is 4.68. The van der Waals surface area contributed by atoms with Gasteiger partial charge < -0.3 is 0 Å². The molecule has 2 rings (SSSR count). The lowest BCUT2D eigenvalue weighted by molar-refractivity contribution is 0.0174. The molecule has 94 valence electrons. The van der Waals surface area contributed by atoms with E-state index in [4.69, 9.17) is 0 Å². The molecule has 16 heavy (non-hydrogen) atoms. The van der Waals surface area contributed by atoms with Crippen molar-refractivity contribution in [3.05, 3.63) is 0 Å². The van der Waals surface area contributed by atoms with Gasteiger partial charge in [0, 0.05) is 0 Å². The molecule has 0 spiro atoms. The van der Waals surface area contributed by atoms with Gasteiger partial charge in [0.1, 0.15) is 12.3 Å². The maximum atomic E-state index is 13.9. The molecule has 0 aromatic rings. The lowest BCUT2D eigenvalue weighted by atomic mass is 9.73. The highest BCUT2D eigenvalue weighted by Gasteiger charge is 2.38. The van der Waals surface area contributed by atoms with Crippen LogP contribution in [-0.2, 0) is 0 Å². The van der Waals surface area contributed by atoms with Crippen LogP contribution in [0.4, 0.5) is 8.78 Å². The van der Waals surface area contributed by atoms with Gasteiger partial charge in [0.25, 0.3) is 0 Å². The molecule has 0 saturated heterocycles. The van der Waals surface area contributed by atoms with Gasteiger partial charge in [0.2, 0.25) is 0 Å². The molecule has 2 aliphatic rings. The summed E-state index contributed by atoms with van der Waals surface area (Å²) in [6, 6.07) is 0. The molecule has 2 fully saturated rings. The van der Waals surface area contributed by atoms with Crippen LogP contribution in [0.2, 0.25) is 0 Å². The molecule has 0 bridgehead atoms. The van der Waals surface area contributed by atoms with Gasteiger partial charge in [-0.2, -0.15) is 0 Å². The summed E-state index contributed by atoms with van der Waals surface area (Å²) in [5.74, 6) is 0.615. The highest BCUT2D eigenvalue weighted by atomic mass is 19.2. The molecule has 0 radical (unpaired) electrons. The smallest absolute Gasteiger partial charge is 0.134 e. The largest absolute Gasteiger partial charge is 0.244 e. The van der Waals surface area contributed by atoms with Gasteiger partial charge >= 0.3 is 0 Å².